The Labute approximate surface area is 122 Å². The number of halogens is 1. The van der Waals surface area contributed by atoms with Gasteiger partial charge in [0.25, 0.3) is 5.91 Å². The molecule has 0 fully saturated rings. The van der Waals surface area contributed by atoms with E-state index in [-0.39, 0.29) is 11.3 Å². The van der Waals surface area contributed by atoms with Crippen molar-refractivity contribution in [1.82, 2.24) is 5.32 Å². The van der Waals surface area contributed by atoms with Crippen LogP contribution in [-0.2, 0) is 6.54 Å². The molecule has 21 heavy (non-hydrogen) atoms. The van der Waals surface area contributed by atoms with E-state index in [2.05, 4.69) is 5.32 Å². The van der Waals surface area contributed by atoms with Gasteiger partial charge in [0.1, 0.15) is 11.6 Å². The predicted molar refractivity (Wildman–Crippen MR) is 80.0 cm³/mol. The average molecular weight is 288 g/mol. The van der Waals surface area contributed by atoms with Crippen molar-refractivity contribution in [2.75, 3.05) is 19.0 Å². The standard InChI is InChI=1S/C16H17FN2O2/c1-19(2)12-5-3-4-11(8-12)10-18-16(21)14-7-6-13(20)9-15(14)17/h3-9,20H,10H2,1-2H3,(H,18,21). The molecule has 0 heterocycles. The molecular formula is C16H17FN2O2. The maximum absolute atomic E-state index is 13.6. The molecule has 5 heteroatoms. The summed E-state index contributed by atoms with van der Waals surface area (Å²) in [7, 11) is 3.87. The molecule has 0 saturated carbocycles. The van der Waals surface area contributed by atoms with E-state index in [4.69, 9.17) is 5.11 Å². The monoisotopic (exact) mass is 288 g/mol. The number of carbonyl (C=O) groups is 1. The molecule has 110 valence electrons. The zero-order valence-electron chi connectivity index (χ0n) is 11.9. The molecule has 0 bridgehead atoms. The van der Waals surface area contributed by atoms with Crippen molar-refractivity contribution in [1.29, 1.82) is 0 Å². The molecule has 1 amide bonds. The number of benzene rings is 2. The van der Waals surface area contributed by atoms with Gasteiger partial charge in [-0.25, -0.2) is 4.39 Å². The van der Waals surface area contributed by atoms with Crippen LogP contribution >= 0.6 is 0 Å². The fraction of sp³-hybridized carbons (Fsp3) is 0.188. The van der Waals surface area contributed by atoms with Gasteiger partial charge in [0.15, 0.2) is 0 Å². The Hall–Kier alpha value is -2.56. The van der Waals surface area contributed by atoms with Crippen molar-refractivity contribution in [3.63, 3.8) is 0 Å². The maximum Gasteiger partial charge on any atom is 0.254 e. The fourth-order valence-corrected chi connectivity index (χ4v) is 1.91. The molecule has 0 aromatic heterocycles. The molecule has 4 nitrogen and oxygen atoms in total. The lowest BCUT2D eigenvalue weighted by atomic mass is 10.1. The number of anilines is 1. The van der Waals surface area contributed by atoms with E-state index < -0.39 is 11.7 Å². The van der Waals surface area contributed by atoms with Gasteiger partial charge in [0.2, 0.25) is 0 Å². The van der Waals surface area contributed by atoms with Crippen molar-refractivity contribution in [2.24, 2.45) is 0 Å². The van der Waals surface area contributed by atoms with Gasteiger partial charge in [-0.2, -0.15) is 0 Å². The van der Waals surface area contributed by atoms with Crippen LogP contribution in [0.15, 0.2) is 42.5 Å². The van der Waals surface area contributed by atoms with Crippen LogP contribution in [0.25, 0.3) is 0 Å². The van der Waals surface area contributed by atoms with Crippen LogP contribution in [0.4, 0.5) is 10.1 Å². The van der Waals surface area contributed by atoms with E-state index in [0.717, 1.165) is 17.3 Å². The molecule has 0 atom stereocenters. The normalized spacial score (nSPS) is 10.2. The number of phenols is 1. The summed E-state index contributed by atoms with van der Waals surface area (Å²) in [5.74, 6) is -1.46. The Bertz CT molecular complexity index is 656. The molecule has 2 aromatic rings. The van der Waals surface area contributed by atoms with Crippen LogP contribution in [-0.4, -0.2) is 25.1 Å². The number of rotatable bonds is 4. The molecule has 0 aliphatic carbocycles. The zero-order valence-corrected chi connectivity index (χ0v) is 11.9. The largest absolute Gasteiger partial charge is 0.508 e. The molecule has 0 aliphatic heterocycles. The lowest BCUT2D eigenvalue weighted by Crippen LogP contribution is -2.24. The zero-order chi connectivity index (χ0) is 15.4. The van der Waals surface area contributed by atoms with Crippen molar-refractivity contribution in [2.45, 2.75) is 6.54 Å². The number of phenolic OH excluding ortho intramolecular Hbond substituents is 1. The van der Waals surface area contributed by atoms with Crippen molar-refractivity contribution < 1.29 is 14.3 Å². The molecule has 0 radical (unpaired) electrons. The second-order valence-electron chi connectivity index (χ2n) is 4.91. The minimum absolute atomic E-state index is 0.0865. The summed E-state index contributed by atoms with van der Waals surface area (Å²) in [6.07, 6.45) is 0. The summed E-state index contributed by atoms with van der Waals surface area (Å²) >= 11 is 0. The number of carbonyl (C=O) groups excluding carboxylic acids is 1. The number of amides is 1. The van der Waals surface area contributed by atoms with Crippen molar-refractivity contribution >= 4 is 11.6 Å². The van der Waals surface area contributed by atoms with Crippen molar-refractivity contribution in [3.05, 3.63) is 59.4 Å². The van der Waals surface area contributed by atoms with Crippen LogP contribution in [0.1, 0.15) is 15.9 Å². The number of nitrogens with one attached hydrogen (secondary N) is 1. The Morgan fingerprint density at radius 1 is 1.24 bits per heavy atom. The first-order chi connectivity index (χ1) is 9.97. The summed E-state index contributed by atoms with van der Waals surface area (Å²) in [5.41, 5.74) is 1.86. The Kier molecular flexibility index (Phi) is 4.42. The van der Waals surface area contributed by atoms with Gasteiger partial charge in [-0.15, -0.1) is 0 Å². The molecule has 0 saturated heterocycles. The van der Waals surface area contributed by atoms with E-state index in [1.54, 1.807) is 0 Å². The Morgan fingerprint density at radius 3 is 2.67 bits per heavy atom. The first kappa shape index (κ1) is 14.8. The highest BCUT2D eigenvalue weighted by molar-refractivity contribution is 5.94. The molecule has 0 aliphatic rings. The summed E-state index contributed by atoms with van der Waals surface area (Å²) in [6, 6.07) is 11.2. The molecule has 2 N–H and O–H groups in total. The third-order valence-corrected chi connectivity index (χ3v) is 3.08. The fourth-order valence-electron chi connectivity index (χ4n) is 1.91. The SMILES string of the molecule is CN(C)c1cccc(CNC(=O)c2ccc(O)cc2F)c1. The number of hydrogen-bond acceptors (Lipinski definition) is 3. The molecular weight excluding hydrogens is 271 g/mol. The molecule has 0 unspecified atom stereocenters. The lowest BCUT2D eigenvalue weighted by Gasteiger charge is -2.14. The van der Waals surface area contributed by atoms with Gasteiger partial charge in [-0.1, -0.05) is 12.1 Å². The maximum atomic E-state index is 13.6. The van der Waals surface area contributed by atoms with E-state index in [0.29, 0.717) is 6.54 Å². The van der Waals surface area contributed by atoms with Crippen molar-refractivity contribution in [3.8, 4) is 5.75 Å². The molecule has 0 spiro atoms. The summed E-state index contributed by atoms with van der Waals surface area (Å²) in [5, 5.41) is 11.8. The van der Waals surface area contributed by atoms with E-state index >= 15 is 0 Å². The lowest BCUT2D eigenvalue weighted by molar-refractivity contribution is 0.0947. The van der Waals surface area contributed by atoms with Crippen LogP contribution in [0.5, 0.6) is 5.75 Å². The first-order valence-corrected chi connectivity index (χ1v) is 6.50. The average Bonchev–Trinajstić information content (AvgIpc) is 2.45. The third-order valence-electron chi connectivity index (χ3n) is 3.08. The molecule has 2 aromatic carbocycles. The van der Waals surface area contributed by atoms with Crippen LogP contribution in [0.2, 0.25) is 0 Å². The van der Waals surface area contributed by atoms with Gasteiger partial charge in [0.05, 0.1) is 5.56 Å². The quantitative estimate of drug-likeness (QED) is 0.909. The molecule has 2 rings (SSSR count). The number of nitrogens with zero attached hydrogens (tertiary/aromatic N) is 1. The Morgan fingerprint density at radius 2 is 2.00 bits per heavy atom. The number of aromatic hydroxyl groups is 1. The van der Waals surface area contributed by atoms with Crippen LogP contribution < -0.4 is 10.2 Å². The van der Waals surface area contributed by atoms with E-state index in [9.17, 15) is 9.18 Å². The predicted octanol–water partition coefficient (Wildman–Crippen LogP) is 2.53. The topological polar surface area (TPSA) is 52.6 Å². The first-order valence-electron chi connectivity index (χ1n) is 6.50. The second kappa shape index (κ2) is 6.26. The summed E-state index contributed by atoms with van der Waals surface area (Å²) in [4.78, 5) is 13.9. The van der Waals surface area contributed by atoms with E-state index in [1.807, 2.05) is 43.3 Å². The highest BCUT2D eigenvalue weighted by Gasteiger charge is 2.11. The highest BCUT2D eigenvalue weighted by atomic mass is 19.1. The van der Waals surface area contributed by atoms with Gasteiger partial charge >= 0.3 is 0 Å². The Balaban J connectivity index is 2.05. The smallest absolute Gasteiger partial charge is 0.254 e. The highest BCUT2D eigenvalue weighted by Crippen LogP contribution is 2.16. The van der Waals surface area contributed by atoms with Gasteiger partial charge < -0.3 is 15.3 Å². The van der Waals surface area contributed by atoms with Crippen LogP contribution in [0, 0.1) is 5.82 Å². The summed E-state index contributed by atoms with van der Waals surface area (Å²) < 4.78 is 13.6. The minimum atomic E-state index is -0.741. The second-order valence-corrected chi connectivity index (χ2v) is 4.91. The minimum Gasteiger partial charge on any atom is -0.508 e. The van der Waals surface area contributed by atoms with Gasteiger partial charge in [0, 0.05) is 32.4 Å². The number of hydrogen-bond donors (Lipinski definition) is 2. The van der Waals surface area contributed by atoms with Gasteiger partial charge in [-0.3, -0.25) is 4.79 Å². The third kappa shape index (κ3) is 3.72. The summed E-state index contributed by atoms with van der Waals surface area (Å²) in [6.45, 7) is 0.306. The van der Waals surface area contributed by atoms with E-state index in [1.165, 1.54) is 12.1 Å². The van der Waals surface area contributed by atoms with Gasteiger partial charge in [-0.05, 0) is 29.8 Å². The van der Waals surface area contributed by atoms with Crippen LogP contribution in [0.3, 0.4) is 0 Å².